The number of fused-ring (bicyclic) bond motifs is 1. The lowest BCUT2D eigenvalue weighted by molar-refractivity contribution is -0.140. The van der Waals surface area contributed by atoms with Gasteiger partial charge < -0.3 is 24.6 Å². The Morgan fingerprint density at radius 1 is 1.17 bits per heavy atom. The Bertz CT molecular complexity index is 949. The lowest BCUT2D eigenvalue weighted by Crippen LogP contribution is -2.57. The summed E-state index contributed by atoms with van der Waals surface area (Å²) in [4.78, 5) is 43.5. The van der Waals surface area contributed by atoms with Gasteiger partial charge >= 0.3 is 0 Å². The minimum atomic E-state index is -0.794. The third kappa shape index (κ3) is 5.50. The number of Topliss-reactive ketones (excluding diaryl/α,β-unsaturated/α-hetero) is 1. The summed E-state index contributed by atoms with van der Waals surface area (Å²) in [7, 11) is 1.56. The number of carbonyl (C=O) groups is 3. The maximum Gasteiger partial charge on any atom is 0.251 e. The van der Waals surface area contributed by atoms with Crippen LogP contribution in [0.1, 0.15) is 68.8 Å². The molecular weight excluding hydrogens is 458 g/mol. The number of nitrogens with one attached hydrogen (secondary N) is 1. The lowest BCUT2D eigenvalue weighted by atomic mass is 9.85. The number of piperidine rings is 1. The van der Waals surface area contributed by atoms with Gasteiger partial charge in [-0.15, -0.1) is 0 Å². The number of benzene rings is 1. The standard InChI is InChI=1S/C28H41N3O5/c1-6-13-30-14-11-19(12-15-30)18-7-9-20(10-8-18)26(33)29-25(28(2,3)4)27(34)31-16-22(35-5)24-23(31)21(32)17-36-24/h7-10,19,22-25H,6,11-17H2,1-5H3,(H,29,33)/t22-,23+,24+,25?/m0/s1. The van der Waals surface area contributed by atoms with Gasteiger partial charge in [0.2, 0.25) is 5.91 Å². The van der Waals surface area contributed by atoms with Crippen molar-refractivity contribution in [3.8, 4) is 0 Å². The second kappa shape index (κ2) is 11.0. The van der Waals surface area contributed by atoms with Crippen LogP contribution in [-0.4, -0.2) is 91.6 Å². The second-order valence-electron chi connectivity index (χ2n) is 11.5. The predicted octanol–water partition coefficient (Wildman–Crippen LogP) is 2.61. The van der Waals surface area contributed by atoms with Crippen molar-refractivity contribution >= 4 is 17.6 Å². The van der Waals surface area contributed by atoms with Crippen LogP contribution < -0.4 is 5.32 Å². The summed E-state index contributed by atoms with van der Waals surface area (Å²) in [6, 6.07) is 6.35. The maximum absolute atomic E-state index is 13.7. The molecule has 4 rings (SSSR count). The van der Waals surface area contributed by atoms with Crippen LogP contribution in [0.3, 0.4) is 0 Å². The minimum Gasteiger partial charge on any atom is -0.377 e. The summed E-state index contributed by atoms with van der Waals surface area (Å²) in [6.45, 7) is 11.6. The van der Waals surface area contributed by atoms with Crippen molar-refractivity contribution in [2.45, 2.75) is 77.2 Å². The van der Waals surface area contributed by atoms with Gasteiger partial charge in [-0.3, -0.25) is 14.4 Å². The highest BCUT2D eigenvalue weighted by Gasteiger charge is 2.54. The largest absolute Gasteiger partial charge is 0.377 e. The van der Waals surface area contributed by atoms with Gasteiger partial charge in [0.25, 0.3) is 5.91 Å². The summed E-state index contributed by atoms with van der Waals surface area (Å²) in [5.74, 6) is -0.175. The lowest BCUT2D eigenvalue weighted by Gasteiger charge is -2.35. The van der Waals surface area contributed by atoms with Gasteiger partial charge in [0.05, 0.1) is 6.54 Å². The molecule has 3 saturated heterocycles. The Labute approximate surface area is 214 Å². The summed E-state index contributed by atoms with van der Waals surface area (Å²) < 4.78 is 11.1. The van der Waals surface area contributed by atoms with Crippen LogP contribution in [0.25, 0.3) is 0 Å². The Kier molecular flexibility index (Phi) is 8.17. The zero-order valence-electron chi connectivity index (χ0n) is 22.3. The fourth-order valence-electron chi connectivity index (χ4n) is 5.79. The molecular formula is C28H41N3O5. The zero-order chi connectivity index (χ0) is 26.0. The molecule has 1 unspecified atom stereocenters. The fraction of sp³-hybridized carbons (Fsp3) is 0.679. The molecule has 0 spiro atoms. The van der Waals surface area contributed by atoms with E-state index in [9.17, 15) is 14.4 Å². The van der Waals surface area contributed by atoms with Crippen molar-refractivity contribution in [3.63, 3.8) is 0 Å². The molecule has 3 aliphatic heterocycles. The first-order chi connectivity index (χ1) is 17.1. The zero-order valence-corrected chi connectivity index (χ0v) is 22.3. The van der Waals surface area contributed by atoms with Crippen molar-refractivity contribution in [3.05, 3.63) is 35.4 Å². The number of hydrogen-bond donors (Lipinski definition) is 1. The van der Waals surface area contributed by atoms with Gasteiger partial charge in [-0.25, -0.2) is 0 Å². The molecule has 8 nitrogen and oxygen atoms in total. The first-order valence-electron chi connectivity index (χ1n) is 13.2. The third-order valence-corrected chi connectivity index (χ3v) is 7.88. The molecule has 4 atom stereocenters. The Morgan fingerprint density at radius 2 is 1.83 bits per heavy atom. The van der Waals surface area contributed by atoms with Crippen molar-refractivity contribution in [2.75, 3.05) is 39.9 Å². The molecule has 2 amide bonds. The molecule has 0 aliphatic carbocycles. The normalized spacial score (nSPS) is 26.2. The number of methoxy groups -OCH3 is 1. The van der Waals surface area contributed by atoms with E-state index < -0.39 is 23.6 Å². The Hall–Kier alpha value is -2.29. The van der Waals surface area contributed by atoms with E-state index in [-0.39, 0.29) is 36.9 Å². The highest BCUT2D eigenvalue weighted by atomic mass is 16.5. The number of ether oxygens (including phenoxy) is 2. The molecule has 36 heavy (non-hydrogen) atoms. The molecule has 0 bridgehead atoms. The van der Waals surface area contributed by atoms with E-state index in [0.717, 1.165) is 32.5 Å². The highest BCUT2D eigenvalue weighted by Crippen LogP contribution is 2.32. The summed E-state index contributed by atoms with van der Waals surface area (Å²) in [5, 5.41) is 2.97. The van der Waals surface area contributed by atoms with E-state index >= 15 is 0 Å². The highest BCUT2D eigenvalue weighted by molar-refractivity contribution is 5.99. The molecule has 1 N–H and O–H groups in total. The van der Waals surface area contributed by atoms with E-state index in [0.29, 0.717) is 11.5 Å². The van der Waals surface area contributed by atoms with E-state index in [4.69, 9.17) is 9.47 Å². The van der Waals surface area contributed by atoms with Gasteiger partial charge in [0, 0.05) is 12.7 Å². The van der Waals surface area contributed by atoms with Crippen molar-refractivity contribution < 1.29 is 23.9 Å². The molecule has 0 radical (unpaired) electrons. The number of carbonyl (C=O) groups excluding carboxylic acids is 3. The molecule has 1 aromatic rings. The van der Waals surface area contributed by atoms with Gasteiger partial charge in [-0.1, -0.05) is 39.8 Å². The number of amides is 2. The molecule has 0 saturated carbocycles. The Balaban J connectivity index is 1.44. The van der Waals surface area contributed by atoms with Gasteiger partial charge in [-0.2, -0.15) is 0 Å². The maximum atomic E-state index is 13.7. The van der Waals surface area contributed by atoms with Gasteiger partial charge in [0.15, 0.2) is 5.78 Å². The van der Waals surface area contributed by atoms with E-state index in [1.54, 1.807) is 12.0 Å². The second-order valence-corrected chi connectivity index (χ2v) is 11.5. The molecule has 3 heterocycles. The molecule has 3 fully saturated rings. The van der Waals surface area contributed by atoms with Crippen LogP contribution in [0.4, 0.5) is 0 Å². The molecule has 0 aromatic heterocycles. The van der Waals surface area contributed by atoms with Crippen LogP contribution in [-0.2, 0) is 19.1 Å². The molecule has 1 aromatic carbocycles. The number of rotatable bonds is 7. The van der Waals surface area contributed by atoms with Crippen molar-refractivity contribution in [1.29, 1.82) is 0 Å². The number of hydrogen-bond acceptors (Lipinski definition) is 6. The summed E-state index contributed by atoms with van der Waals surface area (Å²) in [5.41, 5.74) is 1.24. The van der Waals surface area contributed by atoms with Crippen LogP contribution in [0.15, 0.2) is 24.3 Å². The number of likely N-dealkylation sites (tertiary alicyclic amines) is 2. The monoisotopic (exact) mass is 499 g/mol. The van der Waals surface area contributed by atoms with E-state index in [1.807, 2.05) is 45.0 Å². The summed E-state index contributed by atoms with van der Waals surface area (Å²) in [6.07, 6.45) is 2.64. The average molecular weight is 500 g/mol. The average Bonchev–Trinajstić information content (AvgIpc) is 3.42. The van der Waals surface area contributed by atoms with E-state index in [1.165, 1.54) is 12.0 Å². The topological polar surface area (TPSA) is 88.2 Å². The minimum absolute atomic E-state index is 0.0184. The number of ketones is 1. The van der Waals surface area contributed by atoms with Crippen LogP contribution in [0.5, 0.6) is 0 Å². The molecule has 198 valence electrons. The third-order valence-electron chi connectivity index (χ3n) is 7.88. The van der Waals surface area contributed by atoms with Gasteiger partial charge in [-0.05, 0) is 67.9 Å². The summed E-state index contributed by atoms with van der Waals surface area (Å²) >= 11 is 0. The van der Waals surface area contributed by atoms with Crippen molar-refractivity contribution in [1.82, 2.24) is 15.1 Å². The van der Waals surface area contributed by atoms with Crippen molar-refractivity contribution in [2.24, 2.45) is 5.41 Å². The Morgan fingerprint density at radius 3 is 2.42 bits per heavy atom. The fourth-order valence-corrected chi connectivity index (χ4v) is 5.79. The number of nitrogens with zero attached hydrogens (tertiary/aromatic N) is 2. The quantitative estimate of drug-likeness (QED) is 0.621. The smallest absolute Gasteiger partial charge is 0.251 e. The van der Waals surface area contributed by atoms with E-state index in [2.05, 4.69) is 17.1 Å². The molecule has 8 heteroatoms. The van der Waals surface area contributed by atoms with Crippen LogP contribution in [0.2, 0.25) is 0 Å². The van der Waals surface area contributed by atoms with Crippen LogP contribution in [0, 0.1) is 5.41 Å². The first-order valence-corrected chi connectivity index (χ1v) is 13.2. The first kappa shape index (κ1) is 26.8. The van der Waals surface area contributed by atoms with Crippen LogP contribution >= 0.6 is 0 Å². The predicted molar refractivity (Wildman–Crippen MR) is 137 cm³/mol. The molecule has 3 aliphatic rings. The van der Waals surface area contributed by atoms with Gasteiger partial charge in [0.1, 0.15) is 30.9 Å². The SMILES string of the molecule is CCCN1CCC(c2ccc(C(=O)NC(C(=O)N3C[C@H](OC)[C@H]4OCC(=O)[C@H]43)C(C)(C)C)cc2)CC1.